The molecule has 0 spiro atoms. The largest absolute Gasteiger partial charge is 0.238 e. The standard InChI is InChI=1S/C5H8N2O4.4C2H4/c1-5-3-7(4-6-5)9-11-10-8-2;4*1-2/h3-4H,1-2H3;4*1-2H2. The van der Waals surface area contributed by atoms with E-state index in [1.54, 1.807) is 6.20 Å². The third kappa shape index (κ3) is 21.7. The molecule has 19 heavy (non-hydrogen) atoms. The van der Waals surface area contributed by atoms with Crippen LogP contribution in [-0.4, -0.2) is 16.8 Å². The first-order valence-corrected chi connectivity index (χ1v) is 4.88. The van der Waals surface area contributed by atoms with Gasteiger partial charge in [0.1, 0.15) is 6.33 Å². The zero-order chi connectivity index (χ0) is 16.1. The summed E-state index contributed by atoms with van der Waals surface area (Å²) in [6.07, 6.45) is 3.04. The maximum Gasteiger partial charge on any atom is 0.136 e. The number of hydrogen-bond donors (Lipinski definition) is 0. The number of imidazole rings is 1. The van der Waals surface area contributed by atoms with Gasteiger partial charge in [0.25, 0.3) is 0 Å². The Kier molecular flexibility index (Phi) is 40.1. The van der Waals surface area contributed by atoms with Gasteiger partial charge in [-0.1, -0.05) is 0 Å². The van der Waals surface area contributed by atoms with E-state index in [0.29, 0.717) is 0 Å². The van der Waals surface area contributed by atoms with Crippen LogP contribution in [0.25, 0.3) is 0 Å². The second-order valence-electron chi connectivity index (χ2n) is 1.75. The summed E-state index contributed by atoms with van der Waals surface area (Å²) in [5, 5.41) is 8.06. The molecule has 0 N–H and O–H groups in total. The van der Waals surface area contributed by atoms with Crippen molar-refractivity contribution in [3.63, 3.8) is 0 Å². The van der Waals surface area contributed by atoms with Crippen LogP contribution in [-0.2, 0) is 15.0 Å². The molecule has 0 aromatic carbocycles. The van der Waals surface area contributed by atoms with Crippen molar-refractivity contribution < 1.29 is 20.0 Å². The van der Waals surface area contributed by atoms with Crippen molar-refractivity contribution in [2.24, 2.45) is 0 Å². The first-order chi connectivity index (χ1) is 9.33. The lowest BCUT2D eigenvalue weighted by Gasteiger charge is -1.98. The van der Waals surface area contributed by atoms with Crippen LogP contribution >= 0.6 is 0 Å². The molecule has 0 aliphatic carbocycles. The first-order valence-electron chi connectivity index (χ1n) is 4.88. The van der Waals surface area contributed by atoms with Gasteiger partial charge in [-0.2, -0.15) is 0 Å². The van der Waals surface area contributed by atoms with Gasteiger partial charge in [0.2, 0.25) is 0 Å². The Labute approximate surface area is 115 Å². The number of nitrogens with zero attached hydrogens (tertiary/aromatic N) is 2. The average molecular weight is 272 g/mol. The Morgan fingerprint density at radius 1 is 0.947 bits per heavy atom. The SMILES string of the molecule is C=C.C=C.C=C.C=C.COOOOn1cnc(C)c1. The fourth-order valence-corrected chi connectivity index (χ4v) is 0.515. The predicted octanol–water partition coefficient (Wildman–Crippen LogP) is 3.25. The Morgan fingerprint density at radius 3 is 1.74 bits per heavy atom. The highest BCUT2D eigenvalue weighted by atomic mass is 17.7. The molecule has 1 rings (SSSR count). The van der Waals surface area contributed by atoms with Gasteiger partial charge in [-0.05, 0) is 12.0 Å². The van der Waals surface area contributed by atoms with E-state index in [9.17, 15) is 0 Å². The Balaban J connectivity index is -0.000000121. The van der Waals surface area contributed by atoms with Crippen molar-refractivity contribution in [3.05, 3.63) is 70.8 Å². The number of aryl methyl sites for hydroxylation is 1. The summed E-state index contributed by atoms with van der Waals surface area (Å²) in [5.74, 6) is 0. The summed E-state index contributed by atoms with van der Waals surface area (Å²) in [6, 6.07) is 0. The summed E-state index contributed by atoms with van der Waals surface area (Å²) < 4.78 is 1.23. The van der Waals surface area contributed by atoms with Gasteiger partial charge in [0.15, 0.2) is 0 Å². The zero-order valence-electron chi connectivity index (χ0n) is 11.8. The molecule has 0 amide bonds. The molecular weight excluding hydrogens is 248 g/mol. The molecule has 0 atom stereocenters. The van der Waals surface area contributed by atoms with Gasteiger partial charge >= 0.3 is 0 Å². The van der Waals surface area contributed by atoms with Crippen molar-refractivity contribution in [1.82, 2.24) is 9.71 Å². The van der Waals surface area contributed by atoms with Gasteiger partial charge in [-0.25, -0.2) is 14.9 Å². The van der Waals surface area contributed by atoms with Crippen LogP contribution in [0.5, 0.6) is 0 Å². The summed E-state index contributed by atoms with van der Waals surface area (Å²) in [6.45, 7) is 25.8. The average Bonchev–Trinajstić information content (AvgIpc) is 2.93. The predicted molar refractivity (Wildman–Crippen MR) is 77.7 cm³/mol. The van der Waals surface area contributed by atoms with Crippen molar-refractivity contribution in [2.45, 2.75) is 6.92 Å². The lowest BCUT2D eigenvalue weighted by atomic mass is 10.6. The van der Waals surface area contributed by atoms with E-state index in [2.05, 4.69) is 77.6 Å². The Bertz CT molecular complexity index is 259. The minimum Gasteiger partial charge on any atom is -0.238 e. The maximum absolute atomic E-state index is 4.47. The van der Waals surface area contributed by atoms with Crippen molar-refractivity contribution in [2.75, 3.05) is 7.11 Å². The topological polar surface area (TPSA) is 54.7 Å². The van der Waals surface area contributed by atoms with Crippen molar-refractivity contribution >= 4 is 0 Å². The molecule has 0 saturated heterocycles. The van der Waals surface area contributed by atoms with Crippen LogP contribution in [0.4, 0.5) is 0 Å². The van der Waals surface area contributed by atoms with Gasteiger partial charge in [0.05, 0.1) is 19.0 Å². The minimum absolute atomic E-state index is 0.811. The molecule has 0 aliphatic rings. The number of hydrogen-bond acceptors (Lipinski definition) is 5. The molecule has 6 heteroatoms. The van der Waals surface area contributed by atoms with E-state index in [1.165, 1.54) is 18.2 Å². The molecule has 0 saturated carbocycles. The number of rotatable bonds is 4. The normalized spacial score (nSPS) is 6.63. The second kappa shape index (κ2) is 29.7. The van der Waals surface area contributed by atoms with Gasteiger partial charge < -0.3 is 0 Å². The third-order valence-corrected chi connectivity index (χ3v) is 0.902. The van der Waals surface area contributed by atoms with E-state index >= 15 is 0 Å². The van der Waals surface area contributed by atoms with Gasteiger partial charge in [-0.15, -0.1) is 57.4 Å². The summed E-state index contributed by atoms with van der Waals surface area (Å²) in [5.41, 5.74) is 0.811. The van der Waals surface area contributed by atoms with Crippen LogP contribution in [0.3, 0.4) is 0 Å². The molecule has 0 radical (unpaired) electrons. The van der Waals surface area contributed by atoms with Crippen LogP contribution in [0.1, 0.15) is 5.69 Å². The second-order valence-corrected chi connectivity index (χ2v) is 1.75. The molecule has 1 aromatic rings. The fraction of sp³-hybridized carbons (Fsp3) is 0.154. The lowest BCUT2D eigenvalue weighted by Crippen LogP contribution is -2.10. The Hall–Kier alpha value is -2.15. The quantitative estimate of drug-likeness (QED) is 0.364. The summed E-state index contributed by atoms with van der Waals surface area (Å²) >= 11 is 0. The zero-order valence-corrected chi connectivity index (χ0v) is 11.8. The number of aromatic nitrogens is 2. The van der Waals surface area contributed by atoms with E-state index < -0.39 is 0 Å². The van der Waals surface area contributed by atoms with E-state index in [4.69, 9.17) is 0 Å². The van der Waals surface area contributed by atoms with Crippen molar-refractivity contribution in [3.8, 4) is 0 Å². The van der Waals surface area contributed by atoms with Crippen molar-refractivity contribution in [1.29, 1.82) is 0 Å². The fourth-order valence-electron chi connectivity index (χ4n) is 0.515. The van der Waals surface area contributed by atoms with E-state index in [0.717, 1.165) is 5.69 Å². The Morgan fingerprint density at radius 2 is 1.42 bits per heavy atom. The first kappa shape index (κ1) is 25.6. The molecule has 0 unspecified atom stereocenters. The lowest BCUT2D eigenvalue weighted by molar-refractivity contribution is -0.624. The molecule has 110 valence electrons. The highest BCUT2D eigenvalue weighted by Crippen LogP contribution is 1.90. The van der Waals surface area contributed by atoms with Crippen LogP contribution < -0.4 is 4.99 Å². The van der Waals surface area contributed by atoms with E-state index in [1.807, 2.05) is 6.92 Å². The molecule has 1 aromatic heterocycles. The molecule has 6 nitrogen and oxygen atoms in total. The molecule has 0 bridgehead atoms. The molecule has 1 heterocycles. The van der Waals surface area contributed by atoms with Gasteiger partial charge in [0, 0.05) is 5.04 Å². The monoisotopic (exact) mass is 272 g/mol. The maximum atomic E-state index is 4.47. The minimum atomic E-state index is 0.811. The highest BCUT2D eigenvalue weighted by Gasteiger charge is 1.93. The van der Waals surface area contributed by atoms with Gasteiger partial charge in [-0.3, -0.25) is 0 Å². The summed E-state index contributed by atoms with van der Waals surface area (Å²) in [4.78, 5) is 12.4. The van der Waals surface area contributed by atoms with Crippen LogP contribution in [0, 0.1) is 6.92 Å². The van der Waals surface area contributed by atoms with Crippen LogP contribution in [0.2, 0.25) is 0 Å². The molecular formula is C13H24N2O4. The highest BCUT2D eigenvalue weighted by molar-refractivity contribution is 4.89. The molecule has 0 fully saturated rings. The molecule has 0 aliphatic heterocycles. The third-order valence-electron chi connectivity index (χ3n) is 0.902. The van der Waals surface area contributed by atoms with Crippen LogP contribution in [0.15, 0.2) is 65.2 Å². The summed E-state index contributed by atoms with van der Waals surface area (Å²) in [7, 11) is 1.29. The van der Waals surface area contributed by atoms with E-state index in [-0.39, 0.29) is 0 Å². The smallest absolute Gasteiger partial charge is 0.136 e.